The Morgan fingerprint density at radius 3 is 2.65 bits per heavy atom. The number of nitro benzene ring substituents is 1. The standard InChI is InChI=1S/C9H4BrF2N3O2/c10-8-6(15(16)17)1-2-7(9(8)12)14-4-5(11)3-13-14/h1-4H. The first kappa shape index (κ1) is 11.6. The highest BCUT2D eigenvalue weighted by atomic mass is 79.9. The van der Waals surface area contributed by atoms with Gasteiger partial charge in [0.05, 0.1) is 17.3 Å². The first-order chi connectivity index (χ1) is 8.00. The summed E-state index contributed by atoms with van der Waals surface area (Å²) in [5.74, 6) is -1.50. The van der Waals surface area contributed by atoms with Gasteiger partial charge in [0, 0.05) is 6.07 Å². The molecule has 0 aliphatic rings. The zero-order valence-electron chi connectivity index (χ0n) is 8.10. The molecule has 0 amide bonds. The first-order valence-corrected chi connectivity index (χ1v) is 5.13. The Morgan fingerprint density at radius 1 is 1.41 bits per heavy atom. The Hall–Kier alpha value is -1.83. The van der Waals surface area contributed by atoms with E-state index in [4.69, 9.17) is 0 Å². The number of benzene rings is 1. The van der Waals surface area contributed by atoms with Gasteiger partial charge in [0.25, 0.3) is 5.69 Å². The normalized spacial score (nSPS) is 10.5. The van der Waals surface area contributed by atoms with Gasteiger partial charge in [-0.15, -0.1) is 0 Å². The summed E-state index contributed by atoms with van der Waals surface area (Å²) in [6.45, 7) is 0. The fraction of sp³-hybridized carbons (Fsp3) is 0. The van der Waals surface area contributed by atoms with E-state index in [0.717, 1.165) is 29.2 Å². The monoisotopic (exact) mass is 303 g/mol. The maximum atomic E-state index is 13.8. The number of nitrogens with zero attached hydrogens (tertiary/aromatic N) is 3. The van der Waals surface area contributed by atoms with Crippen molar-refractivity contribution in [3.8, 4) is 5.69 Å². The minimum atomic E-state index is -0.873. The quantitative estimate of drug-likeness (QED) is 0.633. The predicted octanol–water partition coefficient (Wildman–Crippen LogP) is 2.82. The van der Waals surface area contributed by atoms with Crippen LogP contribution in [-0.2, 0) is 0 Å². The molecule has 88 valence electrons. The van der Waals surface area contributed by atoms with Crippen LogP contribution in [0.5, 0.6) is 0 Å². The van der Waals surface area contributed by atoms with E-state index in [1.165, 1.54) is 0 Å². The van der Waals surface area contributed by atoms with E-state index in [9.17, 15) is 18.9 Å². The Morgan fingerprint density at radius 2 is 2.12 bits per heavy atom. The smallest absolute Gasteiger partial charge is 0.258 e. The predicted molar refractivity (Wildman–Crippen MR) is 57.8 cm³/mol. The number of aromatic nitrogens is 2. The average molecular weight is 304 g/mol. The molecular weight excluding hydrogens is 300 g/mol. The molecule has 0 unspecified atom stereocenters. The Labute approximate surface area is 102 Å². The van der Waals surface area contributed by atoms with Crippen LogP contribution < -0.4 is 0 Å². The van der Waals surface area contributed by atoms with Crippen LogP contribution in [0.4, 0.5) is 14.5 Å². The van der Waals surface area contributed by atoms with E-state index in [1.807, 2.05) is 0 Å². The lowest BCUT2D eigenvalue weighted by molar-refractivity contribution is -0.385. The molecule has 0 radical (unpaired) electrons. The SMILES string of the molecule is O=[N+]([O-])c1ccc(-n2cc(F)cn2)c(F)c1Br. The minimum Gasteiger partial charge on any atom is -0.258 e. The molecule has 1 aromatic carbocycles. The molecule has 0 aliphatic heterocycles. The molecule has 0 saturated carbocycles. The zero-order valence-corrected chi connectivity index (χ0v) is 9.69. The second-order valence-electron chi connectivity index (χ2n) is 3.09. The van der Waals surface area contributed by atoms with Gasteiger partial charge < -0.3 is 0 Å². The fourth-order valence-corrected chi connectivity index (χ4v) is 1.76. The van der Waals surface area contributed by atoms with Crippen LogP contribution >= 0.6 is 15.9 Å². The molecule has 0 fully saturated rings. The highest BCUT2D eigenvalue weighted by molar-refractivity contribution is 9.10. The van der Waals surface area contributed by atoms with Crippen molar-refractivity contribution in [2.24, 2.45) is 0 Å². The van der Waals surface area contributed by atoms with Gasteiger partial charge >= 0.3 is 0 Å². The van der Waals surface area contributed by atoms with Gasteiger partial charge in [0.1, 0.15) is 10.2 Å². The van der Waals surface area contributed by atoms with Gasteiger partial charge in [-0.1, -0.05) is 0 Å². The third kappa shape index (κ3) is 2.03. The molecular formula is C9H4BrF2N3O2. The van der Waals surface area contributed by atoms with Crippen molar-refractivity contribution in [3.05, 3.63) is 50.7 Å². The fourth-order valence-electron chi connectivity index (χ4n) is 1.28. The summed E-state index contributed by atoms with van der Waals surface area (Å²) in [5.41, 5.74) is -0.481. The van der Waals surface area contributed by atoms with Gasteiger partial charge in [0.15, 0.2) is 11.6 Å². The van der Waals surface area contributed by atoms with Gasteiger partial charge in [-0.2, -0.15) is 5.10 Å². The molecule has 0 atom stereocenters. The van der Waals surface area contributed by atoms with Gasteiger partial charge in [-0.05, 0) is 22.0 Å². The van der Waals surface area contributed by atoms with E-state index in [0.29, 0.717) is 0 Å². The van der Waals surface area contributed by atoms with Crippen molar-refractivity contribution in [3.63, 3.8) is 0 Å². The van der Waals surface area contributed by atoms with Crippen molar-refractivity contribution in [2.45, 2.75) is 0 Å². The Kier molecular flexibility index (Phi) is 2.88. The van der Waals surface area contributed by atoms with Crippen LogP contribution in [0.3, 0.4) is 0 Å². The molecule has 1 heterocycles. The average Bonchev–Trinajstić information content (AvgIpc) is 2.68. The molecule has 0 aliphatic carbocycles. The minimum absolute atomic E-state index is 0.0774. The van der Waals surface area contributed by atoms with Crippen LogP contribution in [0.1, 0.15) is 0 Å². The molecule has 0 bridgehead atoms. The summed E-state index contributed by atoms with van der Waals surface area (Å²) >= 11 is 2.78. The lowest BCUT2D eigenvalue weighted by Crippen LogP contribution is -2.01. The molecule has 0 spiro atoms. The van der Waals surface area contributed by atoms with Crippen LogP contribution in [-0.4, -0.2) is 14.7 Å². The summed E-state index contributed by atoms with van der Waals surface area (Å²) in [6.07, 6.45) is 1.88. The van der Waals surface area contributed by atoms with Crippen LogP contribution in [0.2, 0.25) is 0 Å². The topological polar surface area (TPSA) is 61.0 Å². The lowest BCUT2D eigenvalue weighted by atomic mass is 10.2. The van der Waals surface area contributed by atoms with E-state index >= 15 is 0 Å². The van der Waals surface area contributed by atoms with E-state index in [2.05, 4.69) is 21.0 Å². The van der Waals surface area contributed by atoms with E-state index in [1.54, 1.807) is 0 Å². The van der Waals surface area contributed by atoms with Gasteiger partial charge in [-0.25, -0.2) is 13.5 Å². The van der Waals surface area contributed by atoms with E-state index in [-0.39, 0.29) is 10.2 Å². The van der Waals surface area contributed by atoms with Gasteiger partial charge in [-0.3, -0.25) is 10.1 Å². The number of hydrogen-bond donors (Lipinski definition) is 0. The number of rotatable bonds is 2. The maximum absolute atomic E-state index is 13.8. The Balaban J connectivity index is 2.58. The number of halogens is 3. The van der Waals surface area contributed by atoms with Crippen LogP contribution in [0.25, 0.3) is 5.69 Å². The van der Waals surface area contributed by atoms with E-state index < -0.39 is 22.2 Å². The molecule has 1 aromatic heterocycles. The summed E-state index contributed by atoms with van der Waals surface area (Å²) in [7, 11) is 0. The highest BCUT2D eigenvalue weighted by Gasteiger charge is 2.20. The van der Waals surface area contributed by atoms with Crippen LogP contribution in [0.15, 0.2) is 29.0 Å². The third-order valence-electron chi connectivity index (χ3n) is 2.04. The second-order valence-corrected chi connectivity index (χ2v) is 3.89. The van der Waals surface area contributed by atoms with Crippen molar-refractivity contribution >= 4 is 21.6 Å². The molecule has 2 aromatic rings. The number of nitro groups is 1. The van der Waals surface area contributed by atoms with Crippen molar-refractivity contribution in [1.29, 1.82) is 0 Å². The molecule has 0 saturated heterocycles. The summed E-state index contributed by atoms with van der Waals surface area (Å²) in [6, 6.07) is 2.27. The lowest BCUT2D eigenvalue weighted by Gasteiger charge is -2.04. The summed E-state index contributed by atoms with van der Waals surface area (Å²) < 4.78 is 27.2. The van der Waals surface area contributed by atoms with Crippen molar-refractivity contribution in [2.75, 3.05) is 0 Å². The Bertz CT molecular complexity index is 600. The molecule has 17 heavy (non-hydrogen) atoms. The zero-order chi connectivity index (χ0) is 12.6. The molecule has 5 nitrogen and oxygen atoms in total. The molecule has 8 heteroatoms. The highest BCUT2D eigenvalue weighted by Crippen LogP contribution is 2.31. The summed E-state index contributed by atoms with van der Waals surface area (Å²) in [5, 5.41) is 14.1. The maximum Gasteiger partial charge on any atom is 0.286 e. The molecule has 0 N–H and O–H groups in total. The summed E-state index contributed by atoms with van der Waals surface area (Å²) in [4.78, 5) is 9.83. The van der Waals surface area contributed by atoms with Crippen molar-refractivity contribution < 1.29 is 13.7 Å². The second kappa shape index (κ2) is 4.21. The number of hydrogen-bond acceptors (Lipinski definition) is 3. The largest absolute Gasteiger partial charge is 0.286 e. The third-order valence-corrected chi connectivity index (χ3v) is 2.79. The van der Waals surface area contributed by atoms with Crippen LogP contribution in [0, 0.1) is 21.7 Å². The van der Waals surface area contributed by atoms with Crippen molar-refractivity contribution in [1.82, 2.24) is 9.78 Å². The molecule has 2 rings (SSSR count). The van der Waals surface area contributed by atoms with Gasteiger partial charge in [0.2, 0.25) is 0 Å². The first-order valence-electron chi connectivity index (χ1n) is 4.33.